The molecule has 0 bridgehead atoms. The van der Waals surface area contributed by atoms with Gasteiger partial charge in [0.05, 0.1) is 26.4 Å². The average molecular weight is 460 g/mol. The van der Waals surface area contributed by atoms with E-state index >= 15 is 0 Å². The van der Waals surface area contributed by atoms with Crippen molar-refractivity contribution in [1.29, 1.82) is 0 Å². The van der Waals surface area contributed by atoms with Crippen molar-refractivity contribution in [3.63, 3.8) is 0 Å². The molecule has 1 aromatic heterocycles. The van der Waals surface area contributed by atoms with Gasteiger partial charge in [0.1, 0.15) is 11.5 Å². The lowest BCUT2D eigenvalue weighted by Gasteiger charge is -2.15. The van der Waals surface area contributed by atoms with Crippen LogP contribution in [-0.4, -0.2) is 46.9 Å². The number of nitrogens with zero attached hydrogens (tertiary/aromatic N) is 3. The Morgan fingerprint density at radius 2 is 1.87 bits per heavy atom. The number of benzene rings is 2. The molecule has 2 heterocycles. The molecule has 0 spiro atoms. The van der Waals surface area contributed by atoms with E-state index in [1.807, 2.05) is 48.5 Å². The summed E-state index contributed by atoms with van der Waals surface area (Å²) in [4.78, 5) is 0. The minimum Gasteiger partial charge on any atom is -0.497 e. The van der Waals surface area contributed by atoms with Gasteiger partial charge in [-0.3, -0.25) is 4.57 Å². The van der Waals surface area contributed by atoms with Crippen LogP contribution in [0.1, 0.15) is 19.3 Å². The molecule has 0 aliphatic carbocycles. The van der Waals surface area contributed by atoms with Crippen molar-refractivity contribution >= 4 is 23.4 Å². The van der Waals surface area contributed by atoms with Crippen LogP contribution in [0.2, 0.25) is 5.02 Å². The van der Waals surface area contributed by atoms with Crippen LogP contribution in [0.15, 0.2) is 53.7 Å². The van der Waals surface area contributed by atoms with Crippen molar-refractivity contribution in [2.75, 3.05) is 26.1 Å². The predicted octanol–water partition coefficient (Wildman–Crippen LogP) is 5.35. The van der Waals surface area contributed by atoms with E-state index in [0.717, 1.165) is 66.2 Å². The van der Waals surface area contributed by atoms with Crippen LogP contribution in [0.25, 0.3) is 11.4 Å². The Bertz CT molecular complexity index is 957. The van der Waals surface area contributed by atoms with Gasteiger partial charge in [-0.05, 0) is 67.8 Å². The number of halogens is 1. The quantitative estimate of drug-likeness (QED) is 0.301. The maximum atomic E-state index is 5.91. The molecule has 164 valence electrons. The normalized spacial score (nSPS) is 15.9. The third-order valence-electron chi connectivity index (χ3n) is 5.08. The number of rotatable bonds is 10. The van der Waals surface area contributed by atoms with Crippen LogP contribution in [0.3, 0.4) is 0 Å². The molecular formula is C23H26ClN3O3S. The van der Waals surface area contributed by atoms with Gasteiger partial charge in [-0.25, -0.2) is 0 Å². The number of thioether (sulfide) groups is 1. The molecule has 0 radical (unpaired) electrons. The first-order valence-electron chi connectivity index (χ1n) is 10.4. The third kappa shape index (κ3) is 5.93. The number of aromatic nitrogens is 3. The number of ether oxygens (including phenoxy) is 3. The average Bonchev–Trinajstić information content (AvgIpc) is 3.46. The van der Waals surface area contributed by atoms with Gasteiger partial charge in [0, 0.05) is 22.9 Å². The van der Waals surface area contributed by atoms with Crippen LogP contribution in [-0.2, 0) is 11.3 Å². The molecule has 2 aromatic carbocycles. The van der Waals surface area contributed by atoms with Crippen molar-refractivity contribution in [2.45, 2.75) is 37.1 Å². The summed E-state index contributed by atoms with van der Waals surface area (Å²) in [5.41, 5.74) is 1.02. The zero-order valence-corrected chi connectivity index (χ0v) is 19.1. The van der Waals surface area contributed by atoms with E-state index in [4.69, 9.17) is 25.8 Å². The second-order valence-electron chi connectivity index (χ2n) is 7.28. The molecule has 1 saturated heterocycles. The van der Waals surface area contributed by atoms with E-state index in [1.165, 1.54) is 0 Å². The lowest BCUT2D eigenvalue weighted by molar-refractivity contribution is 0.0953. The van der Waals surface area contributed by atoms with Crippen molar-refractivity contribution < 1.29 is 14.2 Å². The van der Waals surface area contributed by atoms with E-state index < -0.39 is 0 Å². The fraction of sp³-hybridized carbons (Fsp3) is 0.391. The van der Waals surface area contributed by atoms with E-state index in [0.29, 0.717) is 11.6 Å². The number of hydrogen-bond donors (Lipinski definition) is 0. The van der Waals surface area contributed by atoms with Crippen molar-refractivity contribution in [2.24, 2.45) is 0 Å². The van der Waals surface area contributed by atoms with Crippen molar-refractivity contribution in [3.05, 3.63) is 53.6 Å². The summed E-state index contributed by atoms with van der Waals surface area (Å²) in [6, 6.07) is 15.4. The minimum atomic E-state index is 0.209. The highest BCUT2D eigenvalue weighted by molar-refractivity contribution is 7.99. The molecule has 1 aliphatic rings. The van der Waals surface area contributed by atoms with Gasteiger partial charge in [-0.2, -0.15) is 0 Å². The summed E-state index contributed by atoms with van der Waals surface area (Å²) in [5, 5.41) is 10.6. The smallest absolute Gasteiger partial charge is 0.191 e. The zero-order valence-electron chi connectivity index (χ0n) is 17.5. The maximum absolute atomic E-state index is 5.91. The van der Waals surface area contributed by atoms with E-state index in [-0.39, 0.29) is 6.10 Å². The monoisotopic (exact) mass is 459 g/mol. The fourth-order valence-corrected chi connectivity index (χ4v) is 4.44. The predicted molar refractivity (Wildman–Crippen MR) is 123 cm³/mol. The molecule has 1 fully saturated rings. The van der Waals surface area contributed by atoms with Crippen LogP contribution < -0.4 is 9.47 Å². The zero-order chi connectivity index (χ0) is 21.5. The van der Waals surface area contributed by atoms with E-state index in [1.54, 1.807) is 18.9 Å². The highest BCUT2D eigenvalue weighted by Gasteiger charge is 2.21. The fourth-order valence-electron chi connectivity index (χ4n) is 3.45. The molecule has 4 rings (SSSR count). The maximum Gasteiger partial charge on any atom is 0.191 e. The summed E-state index contributed by atoms with van der Waals surface area (Å²) in [5.74, 6) is 3.40. The van der Waals surface area contributed by atoms with Gasteiger partial charge in [0.2, 0.25) is 0 Å². The molecular weight excluding hydrogens is 434 g/mol. The largest absolute Gasteiger partial charge is 0.497 e. The molecule has 0 amide bonds. The molecule has 3 aromatic rings. The summed E-state index contributed by atoms with van der Waals surface area (Å²) < 4.78 is 19.1. The SMILES string of the molecule is COc1ccc(-c2nnc(SCCCOc3ccc(Cl)cc3)n2CC2CCCO2)cc1. The van der Waals surface area contributed by atoms with Gasteiger partial charge in [-0.15, -0.1) is 10.2 Å². The summed E-state index contributed by atoms with van der Waals surface area (Å²) in [6.45, 7) is 2.23. The van der Waals surface area contributed by atoms with Crippen LogP contribution >= 0.6 is 23.4 Å². The number of hydrogen-bond acceptors (Lipinski definition) is 6. The van der Waals surface area contributed by atoms with Gasteiger partial charge in [0.25, 0.3) is 0 Å². The van der Waals surface area contributed by atoms with Gasteiger partial charge in [0.15, 0.2) is 11.0 Å². The molecule has 0 N–H and O–H groups in total. The van der Waals surface area contributed by atoms with Gasteiger partial charge >= 0.3 is 0 Å². The molecule has 1 unspecified atom stereocenters. The topological polar surface area (TPSA) is 58.4 Å². The Hall–Kier alpha value is -2.22. The van der Waals surface area contributed by atoms with Crippen LogP contribution in [0, 0.1) is 0 Å². The summed E-state index contributed by atoms with van der Waals surface area (Å²) in [7, 11) is 1.67. The highest BCUT2D eigenvalue weighted by Crippen LogP contribution is 2.28. The Balaban J connectivity index is 1.39. The highest BCUT2D eigenvalue weighted by atomic mass is 35.5. The standard InChI is InChI=1S/C23H26ClN3O3S/c1-28-19-9-5-17(6-10-19)22-25-26-23(27(22)16-21-4-2-13-30-21)31-15-3-14-29-20-11-7-18(24)8-12-20/h5-12,21H,2-4,13-16H2,1H3. The molecule has 1 aliphatic heterocycles. The van der Waals surface area contributed by atoms with Crippen molar-refractivity contribution in [3.8, 4) is 22.9 Å². The first-order valence-corrected chi connectivity index (χ1v) is 11.8. The molecule has 31 heavy (non-hydrogen) atoms. The Morgan fingerprint density at radius 3 is 2.58 bits per heavy atom. The van der Waals surface area contributed by atoms with Gasteiger partial charge in [-0.1, -0.05) is 23.4 Å². The molecule has 6 nitrogen and oxygen atoms in total. The second-order valence-corrected chi connectivity index (χ2v) is 8.78. The Labute approximate surface area is 191 Å². The molecule has 8 heteroatoms. The lowest BCUT2D eigenvalue weighted by Crippen LogP contribution is -2.16. The summed E-state index contributed by atoms with van der Waals surface area (Å²) in [6.07, 6.45) is 3.28. The second kappa shape index (κ2) is 10.9. The Morgan fingerprint density at radius 1 is 1.10 bits per heavy atom. The number of methoxy groups -OCH3 is 1. The lowest BCUT2D eigenvalue weighted by atomic mass is 10.2. The first kappa shape index (κ1) is 22.0. The van der Waals surface area contributed by atoms with Gasteiger partial charge < -0.3 is 14.2 Å². The van der Waals surface area contributed by atoms with Crippen LogP contribution in [0.4, 0.5) is 0 Å². The van der Waals surface area contributed by atoms with E-state index in [2.05, 4.69) is 14.8 Å². The van der Waals surface area contributed by atoms with Crippen LogP contribution in [0.5, 0.6) is 11.5 Å². The molecule has 0 saturated carbocycles. The summed E-state index contributed by atoms with van der Waals surface area (Å²) >= 11 is 7.61. The van der Waals surface area contributed by atoms with Crippen molar-refractivity contribution in [1.82, 2.24) is 14.8 Å². The van der Waals surface area contributed by atoms with E-state index in [9.17, 15) is 0 Å². The molecule has 1 atom stereocenters. The Kier molecular flexibility index (Phi) is 7.72. The minimum absolute atomic E-state index is 0.209. The third-order valence-corrected chi connectivity index (χ3v) is 6.38. The first-order chi connectivity index (χ1) is 15.2.